The molecule has 0 saturated carbocycles. The maximum Gasteiger partial charge on any atom is 0.407 e. The van der Waals surface area contributed by atoms with E-state index in [2.05, 4.69) is 78.7 Å². The van der Waals surface area contributed by atoms with E-state index >= 15 is 0 Å². The summed E-state index contributed by atoms with van der Waals surface area (Å²) in [5.74, 6) is 0. The summed E-state index contributed by atoms with van der Waals surface area (Å²) in [5, 5.41) is 2.83. The number of nitrogens with one attached hydrogen (secondary N) is 1. The van der Waals surface area contributed by atoms with Gasteiger partial charge in [0.15, 0.2) is 0 Å². The van der Waals surface area contributed by atoms with Crippen LogP contribution in [0.15, 0.2) is 54.6 Å². The molecule has 2 aromatic carbocycles. The Labute approximate surface area is 169 Å². The van der Waals surface area contributed by atoms with E-state index in [1.165, 1.54) is 16.8 Å². The van der Waals surface area contributed by atoms with E-state index in [0.29, 0.717) is 12.6 Å². The summed E-state index contributed by atoms with van der Waals surface area (Å²) in [6, 6.07) is 19.6. The normalized spacial score (nSPS) is 12.3. The van der Waals surface area contributed by atoms with E-state index in [4.69, 9.17) is 4.74 Å². The standard InChI is InChI=1S/C24H34N2O2/c1-6-26(22-13-8-7-9-14-22)19(2)17-21-12-10-11-20(18-21)15-16-25-23(27)28-24(3,4)5/h7-14,18-19H,6,15-17H2,1-5H3,(H,25,27)/t19-/m1/s1. The number of amides is 1. The lowest BCUT2D eigenvalue weighted by molar-refractivity contribution is 0.0528. The Hall–Kier alpha value is -2.49. The van der Waals surface area contributed by atoms with E-state index < -0.39 is 5.60 Å². The van der Waals surface area contributed by atoms with E-state index in [0.717, 1.165) is 19.4 Å². The maximum absolute atomic E-state index is 11.8. The van der Waals surface area contributed by atoms with Crippen molar-refractivity contribution in [2.24, 2.45) is 0 Å². The third kappa shape index (κ3) is 7.26. The third-order valence-corrected chi connectivity index (χ3v) is 4.56. The predicted octanol–water partition coefficient (Wildman–Crippen LogP) is 5.21. The Kier molecular flexibility index (Phi) is 7.91. The zero-order valence-electron chi connectivity index (χ0n) is 17.9. The van der Waals surface area contributed by atoms with E-state index in [1.54, 1.807) is 0 Å². The lowest BCUT2D eigenvalue weighted by atomic mass is 10.0. The fourth-order valence-corrected chi connectivity index (χ4v) is 3.35. The smallest absolute Gasteiger partial charge is 0.407 e. The van der Waals surface area contributed by atoms with Crippen molar-refractivity contribution in [3.63, 3.8) is 0 Å². The number of benzene rings is 2. The first-order valence-corrected chi connectivity index (χ1v) is 10.1. The van der Waals surface area contributed by atoms with Crippen LogP contribution in [0.5, 0.6) is 0 Å². The van der Waals surface area contributed by atoms with E-state index in [-0.39, 0.29) is 6.09 Å². The summed E-state index contributed by atoms with van der Waals surface area (Å²) in [7, 11) is 0. The Morgan fingerprint density at radius 1 is 1.07 bits per heavy atom. The van der Waals surface area contributed by atoms with Crippen LogP contribution in [0.3, 0.4) is 0 Å². The summed E-state index contributed by atoms with van der Waals surface area (Å²) >= 11 is 0. The molecule has 0 aliphatic heterocycles. The van der Waals surface area contributed by atoms with Crippen molar-refractivity contribution in [3.8, 4) is 0 Å². The average molecular weight is 383 g/mol. The minimum atomic E-state index is -0.468. The van der Waals surface area contributed by atoms with Gasteiger partial charge in [-0.3, -0.25) is 0 Å². The van der Waals surface area contributed by atoms with Crippen molar-refractivity contribution in [3.05, 3.63) is 65.7 Å². The number of hydrogen-bond donors (Lipinski definition) is 1. The summed E-state index contributed by atoms with van der Waals surface area (Å²) in [5.41, 5.74) is 3.33. The molecule has 1 amide bonds. The average Bonchev–Trinajstić information content (AvgIpc) is 2.62. The van der Waals surface area contributed by atoms with Crippen LogP contribution in [0, 0.1) is 0 Å². The molecule has 2 rings (SSSR count). The van der Waals surface area contributed by atoms with Crippen LogP contribution in [0.25, 0.3) is 0 Å². The number of hydrogen-bond acceptors (Lipinski definition) is 3. The van der Waals surface area contributed by atoms with E-state index in [9.17, 15) is 4.79 Å². The highest BCUT2D eigenvalue weighted by Gasteiger charge is 2.16. The lowest BCUT2D eigenvalue weighted by Crippen LogP contribution is -2.34. The number of carbonyl (C=O) groups is 1. The molecule has 0 radical (unpaired) electrons. The Morgan fingerprint density at radius 3 is 2.39 bits per heavy atom. The van der Waals surface area contributed by atoms with Crippen LogP contribution >= 0.6 is 0 Å². The lowest BCUT2D eigenvalue weighted by Gasteiger charge is -2.30. The number of anilines is 1. The first-order valence-electron chi connectivity index (χ1n) is 10.1. The molecule has 0 saturated heterocycles. The highest BCUT2D eigenvalue weighted by atomic mass is 16.6. The quantitative estimate of drug-likeness (QED) is 0.681. The van der Waals surface area contributed by atoms with Gasteiger partial charge in [0.05, 0.1) is 0 Å². The van der Waals surface area contributed by atoms with Crippen LogP contribution in [-0.4, -0.2) is 30.8 Å². The monoisotopic (exact) mass is 382 g/mol. The largest absolute Gasteiger partial charge is 0.444 e. The molecule has 4 heteroatoms. The fourth-order valence-electron chi connectivity index (χ4n) is 3.35. The van der Waals surface area contributed by atoms with Crippen LogP contribution in [0.1, 0.15) is 45.7 Å². The molecule has 0 spiro atoms. The molecule has 28 heavy (non-hydrogen) atoms. The van der Waals surface area contributed by atoms with Crippen LogP contribution < -0.4 is 10.2 Å². The second kappa shape index (κ2) is 10.2. The Bertz CT molecular complexity index is 738. The molecular weight excluding hydrogens is 348 g/mol. The van der Waals surface area contributed by atoms with Gasteiger partial charge >= 0.3 is 6.09 Å². The van der Waals surface area contributed by atoms with Crippen molar-refractivity contribution in [2.45, 2.75) is 59.1 Å². The highest BCUT2D eigenvalue weighted by Crippen LogP contribution is 2.19. The number of alkyl carbamates (subject to hydrolysis) is 1. The van der Waals surface area contributed by atoms with Crippen molar-refractivity contribution < 1.29 is 9.53 Å². The number of para-hydroxylation sites is 1. The van der Waals surface area contributed by atoms with Gasteiger partial charge in [0.1, 0.15) is 5.60 Å². The van der Waals surface area contributed by atoms with Crippen molar-refractivity contribution in [1.82, 2.24) is 5.32 Å². The first-order chi connectivity index (χ1) is 13.3. The number of nitrogens with zero attached hydrogens (tertiary/aromatic N) is 1. The van der Waals surface area contributed by atoms with Crippen molar-refractivity contribution in [1.29, 1.82) is 0 Å². The van der Waals surface area contributed by atoms with Crippen LogP contribution in [0.2, 0.25) is 0 Å². The number of carbonyl (C=O) groups excluding carboxylic acids is 1. The van der Waals surface area contributed by atoms with E-state index in [1.807, 2.05) is 20.8 Å². The fraction of sp³-hybridized carbons (Fsp3) is 0.458. The third-order valence-electron chi connectivity index (χ3n) is 4.56. The van der Waals surface area contributed by atoms with Gasteiger partial charge in [0, 0.05) is 24.8 Å². The first kappa shape index (κ1) is 21.8. The molecule has 0 aliphatic carbocycles. The number of likely N-dealkylation sites (N-methyl/N-ethyl adjacent to an activating group) is 1. The maximum atomic E-state index is 11.8. The SMILES string of the molecule is CCN(c1ccccc1)[C@H](C)Cc1cccc(CCNC(=O)OC(C)(C)C)c1. The molecule has 4 nitrogen and oxygen atoms in total. The summed E-state index contributed by atoms with van der Waals surface area (Å²) in [6.07, 6.45) is 1.41. The summed E-state index contributed by atoms with van der Waals surface area (Å²) in [4.78, 5) is 14.2. The molecule has 0 fully saturated rings. The molecule has 2 aromatic rings. The molecule has 1 atom stereocenters. The minimum Gasteiger partial charge on any atom is -0.444 e. The van der Waals surface area contributed by atoms with Gasteiger partial charge in [-0.05, 0) is 70.7 Å². The van der Waals surface area contributed by atoms with Gasteiger partial charge in [0.25, 0.3) is 0 Å². The summed E-state index contributed by atoms with van der Waals surface area (Å²) < 4.78 is 5.28. The molecule has 152 valence electrons. The van der Waals surface area contributed by atoms with Gasteiger partial charge in [-0.2, -0.15) is 0 Å². The molecule has 0 aromatic heterocycles. The van der Waals surface area contributed by atoms with Gasteiger partial charge in [-0.15, -0.1) is 0 Å². The van der Waals surface area contributed by atoms with Gasteiger partial charge in [-0.25, -0.2) is 4.79 Å². The zero-order chi connectivity index (χ0) is 20.6. The molecule has 1 N–H and O–H groups in total. The second-order valence-corrected chi connectivity index (χ2v) is 8.17. The second-order valence-electron chi connectivity index (χ2n) is 8.17. The van der Waals surface area contributed by atoms with Crippen molar-refractivity contribution >= 4 is 11.8 Å². The highest BCUT2D eigenvalue weighted by molar-refractivity contribution is 5.67. The number of ether oxygens (including phenoxy) is 1. The molecular formula is C24H34N2O2. The minimum absolute atomic E-state index is 0.362. The number of rotatable bonds is 8. The molecule has 0 bridgehead atoms. The molecule has 0 unspecified atom stereocenters. The topological polar surface area (TPSA) is 41.6 Å². The predicted molar refractivity (Wildman–Crippen MR) is 117 cm³/mol. The molecule has 0 aliphatic rings. The summed E-state index contributed by atoms with van der Waals surface area (Å²) in [6.45, 7) is 11.6. The van der Waals surface area contributed by atoms with Crippen molar-refractivity contribution in [2.75, 3.05) is 18.0 Å². The molecule has 0 heterocycles. The Balaban J connectivity index is 1.91. The van der Waals surface area contributed by atoms with Gasteiger partial charge in [0.2, 0.25) is 0 Å². The Morgan fingerprint density at radius 2 is 1.75 bits per heavy atom. The van der Waals surface area contributed by atoms with Crippen LogP contribution in [0.4, 0.5) is 10.5 Å². The zero-order valence-corrected chi connectivity index (χ0v) is 17.9. The van der Waals surface area contributed by atoms with Crippen LogP contribution in [-0.2, 0) is 17.6 Å². The van der Waals surface area contributed by atoms with Gasteiger partial charge in [-0.1, -0.05) is 42.5 Å². The van der Waals surface area contributed by atoms with Gasteiger partial charge < -0.3 is 15.0 Å².